The molecule has 0 radical (unpaired) electrons. The minimum Gasteiger partial charge on any atom is -0.481 e. The highest BCUT2D eigenvalue weighted by molar-refractivity contribution is 5.69. The molecule has 272 valence electrons. The molecule has 0 aromatic carbocycles. The number of aliphatic hydroxyl groups is 1. The molecule has 0 aromatic rings. The molecule has 0 fully saturated rings. The number of carboxylic acid groups (broad SMARTS) is 2. The smallest absolute Gasteiger partial charge is 0.305 e. The van der Waals surface area contributed by atoms with Crippen LogP contribution in [0.2, 0.25) is 0 Å². The van der Waals surface area contributed by atoms with Crippen LogP contribution < -0.4 is 0 Å². The molecular formula is C37H72N2O7. The molecule has 0 unspecified atom stereocenters. The Morgan fingerprint density at radius 3 is 1.26 bits per heavy atom. The van der Waals surface area contributed by atoms with Crippen molar-refractivity contribution in [2.75, 3.05) is 52.5 Å². The highest BCUT2D eigenvalue weighted by atomic mass is 16.5. The monoisotopic (exact) mass is 657 g/mol. The number of hydrogen-bond acceptors (Lipinski definition) is 7. The van der Waals surface area contributed by atoms with Crippen LogP contribution in [0.15, 0.2) is 0 Å². The molecule has 0 saturated heterocycles. The molecule has 0 aliphatic carbocycles. The lowest BCUT2D eigenvalue weighted by Crippen LogP contribution is -2.33. The van der Waals surface area contributed by atoms with Gasteiger partial charge >= 0.3 is 17.9 Å². The van der Waals surface area contributed by atoms with Crippen LogP contribution >= 0.6 is 0 Å². The standard InChI is InChI=1S/C37H72N2O7/c1-2-3-4-5-6-7-8-9-10-11-21-34-46-37(45)26-17-14-20-29-39(32-23-33-40)31-22-30-38(27-18-12-15-24-35(41)42)28-19-13-16-25-36(43)44/h40H,2-34H2,1H3,(H,41,42)(H,43,44). The Morgan fingerprint density at radius 2 is 0.826 bits per heavy atom. The van der Waals surface area contributed by atoms with E-state index in [-0.39, 0.29) is 25.4 Å². The first kappa shape index (κ1) is 44.3. The number of carboxylic acids is 2. The summed E-state index contributed by atoms with van der Waals surface area (Å²) in [5, 5.41) is 27.1. The van der Waals surface area contributed by atoms with Gasteiger partial charge in [0.2, 0.25) is 0 Å². The van der Waals surface area contributed by atoms with Crippen LogP contribution in [0.3, 0.4) is 0 Å². The quantitative estimate of drug-likeness (QED) is 0.0449. The van der Waals surface area contributed by atoms with E-state index < -0.39 is 11.9 Å². The summed E-state index contributed by atoms with van der Waals surface area (Å²) in [7, 11) is 0. The van der Waals surface area contributed by atoms with Gasteiger partial charge in [-0.2, -0.15) is 0 Å². The molecule has 0 atom stereocenters. The van der Waals surface area contributed by atoms with Crippen molar-refractivity contribution >= 4 is 17.9 Å². The van der Waals surface area contributed by atoms with E-state index in [1.807, 2.05) is 0 Å². The second-order valence-corrected chi connectivity index (χ2v) is 13.1. The number of carbonyl (C=O) groups is 3. The summed E-state index contributed by atoms with van der Waals surface area (Å²) in [6, 6.07) is 0. The molecule has 0 aliphatic rings. The van der Waals surface area contributed by atoms with E-state index in [9.17, 15) is 19.5 Å². The molecule has 3 N–H and O–H groups in total. The maximum Gasteiger partial charge on any atom is 0.305 e. The SMILES string of the molecule is CCCCCCCCCCCCCOC(=O)CCCCCN(CCCO)CCCN(CCCCCC(=O)O)CCCCCC(=O)O. The third-order valence-electron chi connectivity index (χ3n) is 8.68. The largest absolute Gasteiger partial charge is 0.481 e. The number of esters is 1. The minimum atomic E-state index is -0.743. The number of carbonyl (C=O) groups excluding carboxylic acids is 1. The molecule has 0 saturated carbocycles. The van der Waals surface area contributed by atoms with Gasteiger partial charge in [0, 0.05) is 32.4 Å². The Hall–Kier alpha value is -1.71. The van der Waals surface area contributed by atoms with Crippen molar-refractivity contribution < 1.29 is 34.4 Å². The zero-order chi connectivity index (χ0) is 33.9. The van der Waals surface area contributed by atoms with Crippen LogP contribution in [0, 0.1) is 0 Å². The lowest BCUT2D eigenvalue weighted by atomic mass is 10.1. The van der Waals surface area contributed by atoms with Gasteiger partial charge in [-0.25, -0.2) is 0 Å². The second kappa shape index (κ2) is 34.6. The summed E-state index contributed by atoms with van der Waals surface area (Å²) in [5.41, 5.74) is 0. The van der Waals surface area contributed by atoms with Gasteiger partial charge in [0.1, 0.15) is 0 Å². The van der Waals surface area contributed by atoms with Gasteiger partial charge in [0.05, 0.1) is 6.61 Å². The Balaban J connectivity index is 4.12. The summed E-state index contributed by atoms with van der Waals surface area (Å²) < 4.78 is 5.45. The van der Waals surface area contributed by atoms with Gasteiger partial charge in [0.25, 0.3) is 0 Å². The molecule has 46 heavy (non-hydrogen) atoms. The number of aliphatic hydroxyl groups excluding tert-OH is 1. The van der Waals surface area contributed by atoms with Gasteiger partial charge in [-0.15, -0.1) is 0 Å². The highest BCUT2D eigenvalue weighted by Gasteiger charge is 2.10. The minimum absolute atomic E-state index is 0.0739. The van der Waals surface area contributed by atoms with E-state index in [1.165, 1.54) is 57.8 Å². The van der Waals surface area contributed by atoms with E-state index in [4.69, 9.17) is 14.9 Å². The Labute approximate surface area is 281 Å². The third kappa shape index (κ3) is 33.6. The van der Waals surface area contributed by atoms with E-state index in [0.717, 1.165) is 110 Å². The molecule has 0 spiro atoms. The summed E-state index contributed by atoms with van der Waals surface area (Å²) >= 11 is 0. The second-order valence-electron chi connectivity index (χ2n) is 13.1. The van der Waals surface area contributed by atoms with Gasteiger partial charge in [-0.3, -0.25) is 14.4 Å². The van der Waals surface area contributed by atoms with Crippen LogP contribution in [0.4, 0.5) is 0 Å². The van der Waals surface area contributed by atoms with Crippen molar-refractivity contribution in [3.8, 4) is 0 Å². The highest BCUT2D eigenvalue weighted by Crippen LogP contribution is 2.12. The number of rotatable bonds is 37. The van der Waals surface area contributed by atoms with E-state index >= 15 is 0 Å². The summed E-state index contributed by atoms with van der Waals surface area (Å²) in [4.78, 5) is 38.6. The average Bonchev–Trinajstić information content (AvgIpc) is 3.02. The molecular weight excluding hydrogens is 584 g/mol. The summed E-state index contributed by atoms with van der Waals surface area (Å²) in [6.45, 7) is 8.59. The van der Waals surface area contributed by atoms with Crippen LogP contribution in [0.25, 0.3) is 0 Å². The van der Waals surface area contributed by atoms with Crippen molar-refractivity contribution in [3.05, 3.63) is 0 Å². The molecule has 0 rings (SSSR count). The first-order valence-electron chi connectivity index (χ1n) is 19.0. The predicted octanol–water partition coefficient (Wildman–Crippen LogP) is 8.07. The van der Waals surface area contributed by atoms with E-state index in [1.54, 1.807) is 0 Å². The lowest BCUT2D eigenvalue weighted by molar-refractivity contribution is -0.144. The van der Waals surface area contributed by atoms with Crippen molar-refractivity contribution in [2.24, 2.45) is 0 Å². The third-order valence-corrected chi connectivity index (χ3v) is 8.68. The predicted molar refractivity (Wildman–Crippen MR) is 187 cm³/mol. The average molecular weight is 657 g/mol. The van der Waals surface area contributed by atoms with Crippen LogP contribution in [-0.4, -0.2) is 95.5 Å². The molecule has 9 heteroatoms. The van der Waals surface area contributed by atoms with E-state index in [2.05, 4.69) is 16.7 Å². The van der Waals surface area contributed by atoms with Gasteiger partial charge < -0.3 is 29.9 Å². The fourth-order valence-corrected chi connectivity index (χ4v) is 5.87. The number of hydrogen-bond donors (Lipinski definition) is 3. The Morgan fingerprint density at radius 1 is 0.457 bits per heavy atom. The molecule has 0 heterocycles. The molecule has 0 bridgehead atoms. The van der Waals surface area contributed by atoms with Crippen LogP contribution in [0.1, 0.15) is 167 Å². The van der Waals surface area contributed by atoms with Gasteiger partial charge in [0.15, 0.2) is 0 Å². The number of nitrogens with zero attached hydrogens (tertiary/aromatic N) is 2. The topological polar surface area (TPSA) is 128 Å². The number of ether oxygens (including phenoxy) is 1. The maximum atomic E-state index is 12.1. The lowest BCUT2D eigenvalue weighted by Gasteiger charge is -2.26. The van der Waals surface area contributed by atoms with Gasteiger partial charge in [-0.05, 0) is 90.5 Å². The van der Waals surface area contributed by atoms with Gasteiger partial charge in [-0.1, -0.05) is 90.4 Å². The summed E-state index contributed by atoms with van der Waals surface area (Å²) in [5.74, 6) is -1.56. The first-order valence-corrected chi connectivity index (χ1v) is 19.0. The normalized spacial score (nSPS) is 11.5. The Bertz CT molecular complexity index is 683. The van der Waals surface area contributed by atoms with E-state index in [0.29, 0.717) is 25.9 Å². The Kier molecular flexibility index (Phi) is 33.3. The van der Waals surface area contributed by atoms with Crippen molar-refractivity contribution in [3.63, 3.8) is 0 Å². The van der Waals surface area contributed by atoms with Crippen molar-refractivity contribution in [1.29, 1.82) is 0 Å². The first-order chi connectivity index (χ1) is 22.4. The van der Waals surface area contributed by atoms with Crippen LogP contribution in [0.5, 0.6) is 0 Å². The van der Waals surface area contributed by atoms with Crippen molar-refractivity contribution in [2.45, 2.75) is 167 Å². The fraction of sp³-hybridized carbons (Fsp3) is 0.919. The summed E-state index contributed by atoms with van der Waals surface area (Å²) in [6.07, 6.45) is 24.8. The molecule has 0 amide bonds. The zero-order valence-corrected chi connectivity index (χ0v) is 29.7. The zero-order valence-electron chi connectivity index (χ0n) is 29.7. The fourth-order valence-electron chi connectivity index (χ4n) is 5.87. The molecule has 0 aliphatic heterocycles. The van der Waals surface area contributed by atoms with Crippen molar-refractivity contribution in [1.82, 2.24) is 9.80 Å². The molecule has 9 nitrogen and oxygen atoms in total. The molecule has 0 aromatic heterocycles. The number of aliphatic carboxylic acids is 2. The van der Waals surface area contributed by atoms with Crippen LogP contribution in [-0.2, 0) is 19.1 Å². The number of unbranched alkanes of at least 4 members (excludes halogenated alkanes) is 16. The maximum absolute atomic E-state index is 12.1.